The van der Waals surface area contributed by atoms with E-state index in [4.69, 9.17) is 15.2 Å². The number of carbonyl (C=O) groups is 9. The molecule has 9 atom stereocenters. The molecule has 5 unspecified atom stereocenters. The molecule has 21 nitrogen and oxygen atoms in total. The number of anilines is 1. The minimum Gasteiger partial charge on any atom is -0.480 e. The van der Waals surface area contributed by atoms with E-state index in [1.54, 1.807) is 38.9 Å². The Morgan fingerprint density at radius 3 is 2.11 bits per heavy atom. The number of amides is 6. The van der Waals surface area contributed by atoms with Crippen LogP contribution in [0.2, 0.25) is 0 Å². The number of aromatic nitrogens is 1. The van der Waals surface area contributed by atoms with Crippen molar-refractivity contribution >= 4 is 70.4 Å². The predicted octanol–water partition coefficient (Wildman–Crippen LogP) is 4.38. The summed E-state index contributed by atoms with van der Waals surface area (Å²) in [5, 5.41) is 28.0. The van der Waals surface area contributed by atoms with Crippen molar-refractivity contribution < 1.29 is 57.7 Å². The van der Waals surface area contributed by atoms with Crippen molar-refractivity contribution in [2.75, 3.05) is 26.0 Å². The molecule has 0 radical (unpaired) electrons. The first-order valence-electron chi connectivity index (χ1n) is 25.2. The molecule has 1 aromatic carbocycles. The van der Waals surface area contributed by atoms with Gasteiger partial charge < -0.3 is 57.1 Å². The van der Waals surface area contributed by atoms with Crippen LogP contribution in [0.15, 0.2) is 23.6 Å². The molecular formula is C51H81N9O12S. The number of thiazole rings is 1. The number of likely N-dealkylation sites (N-methyl/N-ethyl adjacent to an activating group) is 1. The van der Waals surface area contributed by atoms with Gasteiger partial charge in [0.2, 0.25) is 29.5 Å². The Morgan fingerprint density at radius 1 is 0.849 bits per heavy atom. The predicted molar refractivity (Wildman–Crippen MR) is 277 cm³/mol. The number of unbranched alkanes of at least 4 members (excludes halogenated alkanes) is 1. The van der Waals surface area contributed by atoms with Crippen molar-refractivity contribution in [1.82, 2.24) is 36.5 Å². The van der Waals surface area contributed by atoms with E-state index in [1.165, 1.54) is 38.3 Å². The van der Waals surface area contributed by atoms with E-state index in [2.05, 4.69) is 36.9 Å². The fourth-order valence-electron chi connectivity index (χ4n) is 7.60. The number of carbonyl (C=O) groups excluding carboxylic acids is 8. The summed E-state index contributed by atoms with van der Waals surface area (Å²) in [7, 11) is 3.30. The highest BCUT2D eigenvalue weighted by molar-refractivity contribution is 7.09. The standard InChI is InChI=1S/C51H81N9O12S/c1-13-17-43(62)54-31(7)46(65)55-32(8)47(66)58-38-25-35(19-20-41(38)72-51(70)33(9)53-11)24-36(23-30(6)45(64)57-37(50(68)69)18-15-16-21-52)56-48(67)39-27-73-49(59-39)42(71-34(10)61)26-40(28(3)4)60(12)44(63)22-29(5)14-2/h19-20,25,27-33,36-37,40,42,53H,13-18,21-24,26,52H2,1-12H3,(H,54,62)(H,55,65)(H,56,67)(H,57,64)(H,58,66)(H,68,69)/t29-,30?,31?,32?,33?,36+,37-,40?,42+/m0/s1. The molecule has 2 rings (SSSR count). The molecule has 1 heterocycles. The summed E-state index contributed by atoms with van der Waals surface area (Å²) in [6.45, 7) is 17.5. The van der Waals surface area contributed by atoms with Crippen molar-refractivity contribution in [3.8, 4) is 5.75 Å². The minimum atomic E-state index is -1.21. The number of rotatable bonds is 32. The number of esters is 2. The topological polar surface area (TPSA) is 307 Å². The second-order valence-corrected chi connectivity index (χ2v) is 20.0. The van der Waals surface area contributed by atoms with Gasteiger partial charge in [0.15, 0.2) is 11.9 Å². The maximum absolute atomic E-state index is 14.2. The lowest BCUT2D eigenvalue weighted by atomic mass is 9.94. The van der Waals surface area contributed by atoms with Gasteiger partial charge in [0.25, 0.3) is 5.91 Å². The highest BCUT2D eigenvalue weighted by Crippen LogP contribution is 2.32. The average Bonchev–Trinajstić information content (AvgIpc) is 3.83. The van der Waals surface area contributed by atoms with E-state index in [0.717, 1.165) is 17.8 Å². The fraction of sp³-hybridized carbons (Fsp3) is 0.647. The second-order valence-electron chi connectivity index (χ2n) is 19.2. The largest absolute Gasteiger partial charge is 0.480 e. The van der Waals surface area contributed by atoms with Gasteiger partial charge in [-0.25, -0.2) is 14.6 Å². The van der Waals surface area contributed by atoms with Crippen LogP contribution in [0.3, 0.4) is 0 Å². The first kappa shape index (κ1) is 63.1. The van der Waals surface area contributed by atoms with Gasteiger partial charge in [-0.2, -0.15) is 0 Å². The lowest BCUT2D eigenvalue weighted by molar-refractivity contribution is -0.148. The monoisotopic (exact) mass is 1040 g/mol. The van der Waals surface area contributed by atoms with Crippen LogP contribution in [0, 0.1) is 17.8 Å². The Kier molecular flexibility index (Phi) is 27.3. The molecule has 6 amide bonds. The number of benzene rings is 1. The van der Waals surface area contributed by atoms with E-state index in [1.807, 2.05) is 34.6 Å². The number of carboxylic acid groups (broad SMARTS) is 1. The molecule has 0 aliphatic rings. The van der Waals surface area contributed by atoms with Crippen LogP contribution in [0.1, 0.15) is 154 Å². The Balaban J connectivity index is 2.60. The SMILES string of the molecule is CCCC(=O)NC(C)C(=O)NC(C)C(=O)Nc1cc(C[C@@H](CC(C)C(=O)N[C@@H](CCCCN)C(=O)O)NC(=O)c2csc([C@@H](CC(C(C)C)N(C)C(=O)C[C@@H](C)CC)OC(C)=O)n2)ccc1OC(=O)C(C)NC. The zero-order valence-electron chi connectivity index (χ0n) is 44.7. The van der Waals surface area contributed by atoms with E-state index in [-0.39, 0.29) is 78.9 Å². The highest BCUT2D eigenvalue weighted by Gasteiger charge is 2.32. The van der Waals surface area contributed by atoms with E-state index < -0.39 is 83.8 Å². The Morgan fingerprint density at radius 2 is 1.52 bits per heavy atom. The molecule has 9 N–H and O–H groups in total. The Hall–Kier alpha value is -6.00. The van der Waals surface area contributed by atoms with Crippen molar-refractivity contribution in [3.05, 3.63) is 39.8 Å². The summed E-state index contributed by atoms with van der Waals surface area (Å²) in [6, 6.07) is -0.586. The van der Waals surface area contributed by atoms with E-state index >= 15 is 0 Å². The molecule has 0 bridgehead atoms. The zero-order chi connectivity index (χ0) is 55.1. The third-order valence-electron chi connectivity index (χ3n) is 12.4. The van der Waals surface area contributed by atoms with Crippen LogP contribution in [0.25, 0.3) is 0 Å². The van der Waals surface area contributed by atoms with Crippen LogP contribution in [-0.4, -0.2) is 125 Å². The first-order chi connectivity index (χ1) is 34.3. The molecule has 0 spiro atoms. The number of ether oxygens (including phenoxy) is 2. The van der Waals surface area contributed by atoms with Gasteiger partial charge >= 0.3 is 17.9 Å². The van der Waals surface area contributed by atoms with Crippen molar-refractivity contribution in [3.63, 3.8) is 0 Å². The van der Waals surface area contributed by atoms with Gasteiger partial charge in [0.05, 0.1) is 5.69 Å². The summed E-state index contributed by atoms with van der Waals surface area (Å²) < 4.78 is 11.4. The quantitative estimate of drug-likeness (QED) is 0.0286. The van der Waals surface area contributed by atoms with Gasteiger partial charge in [0, 0.05) is 56.6 Å². The molecule has 408 valence electrons. The van der Waals surface area contributed by atoms with Crippen LogP contribution in [0.5, 0.6) is 5.75 Å². The number of aliphatic carboxylic acids is 1. The number of carboxylic acids is 1. The highest BCUT2D eigenvalue weighted by atomic mass is 32.1. The third kappa shape index (κ3) is 21.6. The maximum atomic E-state index is 14.2. The molecule has 73 heavy (non-hydrogen) atoms. The van der Waals surface area contributed by atoms with Gasteiger partial charge in [-0.1, -0.05) is 54.0 Å². The summed E-state index contributed by atoms with van der Waals surface area (Å²) in [5.41, 5.74) is 6.12. The summed E-state index contributed by atoms with van der Waals surface area (Å²) in [6.07, 6.45) is 2.52. The molecule has 0 saturated heterocycles. The van der Waals surface area contributed by atoms with Gasteiger partial charge in [-0.05, 0) is 102 Å². The van der Waals surface area contributed by atoms with Crippen molar-refractivity contribution in [2.24, 2.45) is 23.5 Å². The molecule has 0 aliphatic heterocycles. The number of nitrogens with one attached hydrogen (secondary N) is 6. The second kappa shape index (κ2) is 31.6. The molecule has 22 heteroatoms. The molecule has 1 aromatic heterocycles. The van der Waals surface area contributed by atoms with Crippen LogP contribution >= 0.6 is 11.3 Å². The number of nitrogens with zero attached hydrogens (tertiary/aromatic N) is 2. The van der Waals surface area contributed by atoms with Crippen LogP contribution in [-0.2, 0) is 49.5 Å². The number of hydrogen-bond donors (Lipinski definition) is 8. The molecule has 0 saturated carbocycles. The Labute approximate surface area is 434 Å². The lowest BCUT2D eigenvalue weighted by Crippen LogP contribution is -2.50. The molecule has 2 aromatic rings. The van der Waals surface area contributed by atoms with E-state index in [9.17, 15) is 48.3 Å². The summed E-state index contributed by atoms with van der Waals surface area (Å²) in [5.74, 6) is -6.07. The van der Waals surface area contributed by atoms with Crippen LogP contribution in [0.4, 0.5) is 5.69 Å². The van der Waals surface area contributed by atoms with Gasteiger partial charge in [-0.3, -0.25) is 33.6 Å². The van der Waals surface area contributed by atoms with Crippen molar-refractivity contribution in [1.29, 1.82) is 0 Å². The lowest BCUT2D eigenvalue weighted by Gasteiger charge is -2.34. The Bertz CT molecular complexity index is 2190. The number of hydrogen-bond acceptors (Lipinski definition) is 15. The first-order valence-corrected chi connectivity index (χ1v) is 26.1. The zero-order valence-corrected chi connectivity index (χ0v) is 45.5. The minimum absolute atomic E-state index is 0.0129. The maximum Gasteiger partial charge on any atom is 0.328 e. The summed E-state index contributed by atoms with van der Waals surface area (Å²) in [4.78, 5) is 124. The molecular weight excluding hydrogens is 963 g/mol. The number of nitrogens with two attached hydrogens (primary N) is 1. The van der Waals surface area contributed by atoms with Gasteiger partial charge in [-0.15, -0.1) is 11.3 Å². The fourth-order valence-corrected chi connectivity index (χ4v) is 8.44. The van der Waals surface area contributed by atoms with Crippen LogP contribution < -0.4 is 42.4 Å². The van der Waals surface area contributed by atoms with Gasteiger partial charge in [0.1, 0.15) is 34.9 Å². The third-order valence-corrected chi connectivity index (χ3v) is 13.4. The van der Waals surface area contributed by atoms with E-state index in [0.29, 0.717) is 42.8 Å². The molecule has 0 aliphatic carbocycles. The van der Waals surface area contributed by atoms with Crippen molar-refractivity contribution in [2.45, 2.75) is 176 Å². The normalized spacial score (nSPS) is 14.9. The average molecular weight is 1040 g/mol. The summed E-state index contributed by atoms with van der Waals surface area (Å²) >= 11 is 1.10. The smallest absolute Gasteiger partial charge is 0.328 e. The molecule has 0 fully saturated rings.